The van der Waals surface area contributed by atoms with Crippen LogP contribution < -0.4 is 10.6 Å². The molecule has 0 aliphatic carbocycles. The van der Waals surface area contributed by atoms with Crippen LogP contribution in [0.15, 0.2) is 59.9 Å². The molecule has 2 unspecified atom stereocenters. The van der Waals surface area contributed by atoms with Crippen LogP contribution in [0.2, 0.25) is 0 Å². The molecule has 1 fully saturated rings. The zero-order chi connectivity index (χ0) is 21.3. The number of hydrogen-bond donors (Lipinski definition) is 2. The van der Waals surface area contributed by atoms with Crippen LogP contribution in [0, 0.1) is 0 Å². The number of carbonyl (C=O) groups is 1. The number of carbonyl (C=O) groups excluding carboxylic acids is 1. The van der Waals surface area contributed by atoms with E-state index in [1.54, 1.807) is 59.4 Å². The second-order valence-corrected chi connectivity index (χ2v) is 9.67. The van der Waals surface area contributed by atoms with Crippen molar-refractivity contribution in [3.05, 3.63) is 66.1 Å². The van der Waals surface area contributed by atoms with Gasteiger partial charge in [0.05, 0.1) is 10.5 Å². The number of pyridine rings is 1. The lowest BCUT2D eigenvalue weighted by molar-refractivity contribution is 0.0950. The Kier molecular flexibility index (Phi) is 5.59. The lowest BCUT2D eigenvalue weighted by atomic mass is 10.2. The van der Waals surface area contributed by atoms with Crippen LogP contribution in [0.4, 0.5) is 0 Å². The van der Waals surface area contributed by atoms with E-state index in [1.165, 1.54) is 4.31 Å². The molecule has 1 saturated heterocycles. The number of nitrogens with one attached hydrogen (secondary N) is 2. The number of imidazole rings is 1. The molecule has 1 aliphatic heterocycles. The Morgan fingerprint density at radius 2 is 1.83 bits per heavy atom. The Morgan fingerprint density at radius 1 is 1.13 bits per heavy atom. The lowest BCUT2D eigenvalue weighted by Crippen LogP contribution is -2.55. The van der Waals surface area contributed by atoms with E-state index in [9.17, 15) is 13.2 Å². The number of hydrogen-bond acceptors (Lipinski definition) is 5. The molecule has 30 heavy (non-hydrogen) atoms. The van der Waals surface area contributed by atoms with Crippen molar-refractivity contribution in [2.45, 2.75) is 37.4 Å². The Hall–Kier alpha value is -2.75. The Balaban J connectivity index is 1.41. The molecule has 3 aromatic rings. The molecule has 1 aromatic carbocycles. The maximum Gasteiger partial charge on any atom is 0.253 e. The van der Waals surface area contributed by atoms with Crippen LogP contribution in [0.1, 0.15) is 29.8 Å². The van der Waals surface area contributed by atoms with Crippen LogP contribution in [0.3, 0.4) is 0 Å². The number of fused-ring (bicyclic) bond motifs is 1. The number of amides is 1. The van der Waals surface area contributed by atoms with Gasteiger partial charge in [-0.1, -0.05) is 12.1 Å². The summed E-state index contributed by atoms with van der Waals surface area (Å²) in [6.45, 7) is 5.17. The quantitative estimate of drug-likeness (QED) is 0.645. The van der Waals surface area contributed by atoms with Crippen molar-refractivity contribution in [3.8, 4) is 0 Å². The van der Waals surface area contributed by atoms with Crippen LogP contribution in [-0.4, -0.2) is 53.2 Å². The maximum absolute atomic E-state index is 12.9. The maximum atomic E-state index is 12.9. The van der Waals surface area contributed by atoms with Gasteiger partial charge in [-0.15, -0.1) is 0 Å². The minimum Gasteiger partial charge on any atom is -0.348 e. The number of benzene rings is 1. The summed E-state index contributed by atoms with van der Waals surface area (Å²) in [7, 11) is -3.54. The predicted molar refractivity (Wildman–Crippen MR) is 114 cm³/mol. The average Bonchev–Trinajstić information content (AvgIpc) is 3.19. The van der Waals surface area contributed by atoms with Crippen LogP contribution in [0.25, 0.3) is 5.65 Å². The van der Waals surface area contributed by atoms with Crippen molar-refractivity contribution in [1.29, 1.82) is 0 Å². The third-order valence-corrected chi connectivity index (χ3v) is 7.04. The molecule has 1 aliphatic rings. The zero-order valence-electron chi connectivity index (χ0n) is 16.9. The first-order chi connectivity index (χ1) is 14.3. The molecule has 4 rings (SSSR count). The summed E-state index contributed by atoms with van der Waals surface area (Å²) in [6, 6.07) is 10.4. The molecule has 158 valence electrons. The van der Waals surface area contributed by atoms with E-state index >= 15 is 0 Å². The Bertz CT molecular complexity index is 1150. The summed E-state index contributed by atoms with van der Waals surface area (Å²) in [4.78, 5) is 16.9. The molecule has 1 amide bonds. The predicted octanol–water partition coefficient (Wildman–Crippen LogP) is 1.64. The lowest BCUT2D eigenvalue weighted by Gasteiger charge is -2.35. The molecule has 3 heterocycles. The summed E-state index contributed by atoms with van der Waals surface area (Å²) in [6.07, 6.45) is 5.18. The first-order valence-corrected chi connectivity index (χ1v) is 11.3. The van der Waals surface area contributed by atoms with E-state index in [0.29, 0.717) is 25.2 Å². The molecule has 9 heteroatoms. The molecule has 8 nitrogen and oxygen atoms in total. The van der Waals surface area contributed by atoms with Crippen molar-refractivity contribution in [2.75, 3.05) is 13.1 Å². The first-order valence-electron chi connectivity index (χ1n) is 9.89. The number of nitrogens with zero attached hydrogens (tertiary/aromatic N) is 3. The van der Waals surface area contributed by atoms with Gasteiger partial charge in [-0.25, -0.2) is 13.4 Å². The first kappa shape index (κ1) is 20.5. The Morgan fingerprint density at radius 3 is 2.53 bits per heavy atom. The SMILES string of the molecule is CC1CN(S(=O)(=O)c2ccc(CNC(=O)c3ccc4nccn4c3)cc2)CC(C)N1. The van der Waals surface area contributed by atoms with E-state index in [2.05, 4.69) is 15.6 Å². The highest BCUT2D eigenvalue weighted by atomic mass is 32.2. The summed E-state index contributed by atoms with van der Waals surface area (Å²) in [5.74, 6) is -0.203. The van der Waals surface area contributed by atoms with Gasteiger partial charge in [-0.2, -0.15) is 4.31 Å². The van der Waals surface area contributed by atoms with Crippen LogP contribution >= 0.6 is 0 Å². The van der Waals surface area contributed by atoms with Crippen molar-refractivity contribution in [2.24, 2.45) is 0 Å². The molecule has 2 aromatic heterocycles. The van der Waals surface area contributed by atoms with Crippen LogP contribution in [0.5, 0.6) is 0 Å². The van der Waals surface area contributed by atoms with Gasteiger partial charge in [0.25, 0.3) is 5.91 Å². The minimum absolute atomic E-state index is 0.111. The van der Waals surface area contributed by atoms with Crippen molar-refractivity contribution >= 4 is 21.6 Å². The molecule has 2 N–H and O–H groups in total. The monoisotopic (exact) mass is 427 g/mol. The van der Waals surface area contributed by atoms with Gasteiger partial charge in [0.15, 0.2) is 0 Å². The molecule has 0 saturated carbocycles. The molecule has 0 radical (unpaired) electrons. The van der Waals surface area contributed by atoms with E-state index in [1.807, 2.05) is 13.8 Å². The average molecular weight is 428 g/mol. The van der Waals surface area contributed by atoms with E-state index in [-0.39, 0.29) is 22.9 Å². The van der Waals surface area contributed by atoms with Gasteiger partial charge >= 0.3 is 0 Å². The largest absolute Gasteiger partial charge is 0.348 e. The van der Waals surface area contributed by atoms with Crippen molar-refractivity contribution in [3.63, 3.8) is 0 Å². The molecular weight excluding hydrogens is 402 g/mol. The molecule has 0 bridgehead atoms. The molecule has 2 atom stereocenters. The number of sulfonamides is 1. The van der Waals surface area contributed by atoms with Gasteiger partial charge in [0.2, 0.25) is 10.0 Å². The summed E-state index contributed by atoms with van der Waals surface area (Å²) >= 11 is 0. The molecule has 0 spiro atoms. The highest BCUT2D eigenvalue weighted by Crippen LogP contribution is 2.19. The standard InChI is InChI=1S/C21H25N5O3S/c1-15-12-26(13-16(2)24-15)30(28,29)19-6-3-17(4-7-19)11-23-21(27)18-5-8-20-22-9-10-25(20)14-18/h3-10,14-16,24H,11-13H2,1-2H3,(H,23,27). The van der Waals surface area contributed by atoms with Gasteiger partial charge in [-0.3, -0.25) is 4.79 Å². The zero-order valence-corrected chi connectivity index (χ0v) is 17.8. The number of piperazine rings is 1. The summed E-state index contributed by atoms with van der Waals surface area (Å²) in [5, 5.41) is 6.20. The minimum atomic E-state index is -3.54. The normalized spacial score (nSPS) is 20.3. The second kappa shape index (κ2) is 8.17. The fourth-order valence-corrected chi connectivity index (χ4v) is 5.36. The smallest absolute Gasteiger partial charge is 0.253 e. The van der Waals surface area contributed by atoms with E-state index in [4.69, 9.17) is 0 Å². The third-order valence-electron chi connectivity index (χ3n) is 5.19. The number of rotatable bonds is 5. The molecular formula is C21H25N5O3S. The van der Waals surface area contributed by atoms with Gasteiger partial charge in [0, 0.05) is 50.3 Å². The topological polar surface area (TPSA) is 95.8 Å². The highest BCUT2D eigenvalue weighted by Gasteiger charge is 2.31. The van der Waals surface area contributed by atoms with E-state index in [0.717, 1.165) is 11.2 Å². The van der Waals surface area contributed by atoms with Crippen LogP contribution in [-0.2, 0) is 16.6 Å². The van der Waals surface area contributed by atoms with Crippen molar-refractivity contribution < 1.29 is 13.2 Å². The summed E-state index contributed by atoms with van der Waals surface area (Å²) < 4.78 is 29.2. The van der Waals surface area contributed by atoms with Gasteiger partial charge in [0.1, 0.15) is 5.65 Å². The Labute approximate surface area is 176 Å². The van der Waals surface area contributed by atoms with Crippen molar-refractivity contribution in [1.82, 2.24) is 24.3 Å². The summed E-state index contributed by atoms with van der Waals surface area (Å²) in [5.41, 5.74) is 2.13. The fraction of sp³-hybridized carbons (Fsp3) is 0.333. The number of aromatic nitrogens is 2. The second-order valence-electron chi connectivity index (χ2n) is 7.73. The van der Waals surface area contributed by atoms with Gasteiger partial charge < -0.3 is 15.0 Å². The van der Waals surface area contributed by atoms with Gasteiger partial charge in [-0.05, 0) is 43.7 Å². The third kappa shape index (κ3) is 4.23. The fourth-order valence-electron chi connectivity index (χ4n) is 3.74. The van der Waals surface area contributed by atoms with E-state index < -0.39 is 10.0 Å². The highest BCUT2D eigenvalue weighted by molar-refractivity contribution is 7.89.